The lowest BCUT2D eigenvalue weighted by Crippen LogP contribution is -2.64. The van der Waals surface area contributed by atoms with Crippen molar-refractivity contribution in [3.8, 4) is 0 Å². The monoisotopic (exact) mass is 417 g/mol. The molecule has 0 spiro atoms. The first kappa shape index (κ1) is 21.2. The molecule has 0 bridgehead atoms. The van der Waals surface area contributed by atoms with Crippen LogP contribution in [0.5, 0.6) is 0 Å². The fraction of sp³-hybridized carbons (Fsp3) is 0.385. The molecule has 0 fully saturated rings. The molecule has 1 aliphatic rings. The van der Waals surface area contributed by atoms with Crippen LogP contribution in [0.25, 0.3) is 10.9 Å². The van der Waals surface area contributed by atoms with Crippen molar-refractivity contribution in [2.75, 3.05) is 11.4 Å². The van der Waals surface area contributed by atoms with E-state index in [9.17, 15) is 9.59 Å². The van der Waals surface area contributed by atoms with Crippen molar-refractivity contribution in [3.05, 3.63) is 65.4 Å². The number of benzene rings is 2. The summed E-state index contributed by atoms with van der Waals surface area (Å²) in [4.78, 5) is 29.0. The van der Waals surface area contributed by atoms with Crippen LogP contribution in [0.1, 0.15) is 48.8 Å². The minimum atomic E-state index is -1.04. The molecule has 3 aromatic rings. The summed E-state index contributed by atoms with van der Waals surface area (Å²) >= 11 is 0. The maximum atomic E-state index is 13.8. The Balaban J connectivity index is 1.83. The van der Waals surface area contributed by atoms with Crippen LogP contribution >= 0.6 is 0 Å². The number of hydrogen-bond donors (Lipinski definition) is 1. The van der Waals surface area contributed by atoms with E-state index in [-0.39, 0.29) is 11.8 Å². The Bertz CT molecular complexity index is 1160. The van der Waals surface area contributed by atoms with Gasteiger partial charge in [0, 0.05) is 23.1 Å². The molecule has 2 aromatic carbocycles. The second kappa shape index (κ2) is 7.88. The van der Waals surface area contributed by atoms with Gasteiger partial charge in [-0.25, -0.2) is 0 Å². The molecule has 1 aromatic heterocycles. The van der Waals surface area contributed by atoms with Gasteiger partial charge < -0.3 is 9.88 Å². The third-order valence-electron chi connectivity index (χ3n) is 6.44. The standard InChI is InChI=1S/C26H31N3O2/c1-17(2)12-13-27-25(31)26(5)16-28-22-9-7-6-8-20(22)15-23(28)24(30)29(26)21-11-10-18(3)19(4)14-21/h6-11,14-15,17H,12-13,16H2,1-5H3,(H,27,31)/t26-/m0/s1. The summed E-state index contributed by atoms with van der Waals surface area (Å²) in [6.45, 7) is 11.2. The quantitative estimate of drug-likeness (QED) is 0.646. The maximum Gasteiger partial charge on any atom is 0.275 e. The van der Waals surface area contributed by atoms with Gasteiger partial charge >= 0.3 is 0 Å². The Labute approximate surface area is 184 Å². The fourth-order valence-corrected chi connectivity index (χ4v) is 4.38. The molecular formula is C26H31N3O2. The summed E-state index contributed by atoms with van der Waals surface area (Å²) < 4.78 is 2.00. The van der Waals surface area contributed by atoms with Crippen LogP contribution in [0.3, 0.4) is 0 Å². The highest BCUT2D eigenvalue weighted by molar-refractivity contribution is 6.14. The van der Waals surface area contributed by atoms with E-state index in [0.29, 0.717) is 24.7 Å². The Morgan fingerprint density at radius 3 is 2.55 bits per heavy atom. The van der Waals surface area contributed by atoms with Crippen molar-refractivity contribution in [1.29, 1.82) is 0 Å². The number of carbonyl (C=O) groups is 2. The van der Waals surface area contributed by atoms with Crippen LogP contribution < -0.4 is 10.2 Å². The summed E-state index contributed by atoms with van der Waals surface area (Å²) in [6.07, 6.45) is 0.900. The van der Waals surface area contributed by atoms with Crippen molar-refractivity contribution < 1.29 is 9.59 Å². The normalized spacial score (nSPS) is 18.5. The zero-order chi connectivity index (χ0) is 22.3. The predicted molar refractivity (Wildman–Crippen MR) is 126 cm³/mol. The molecule has 0 radical (unpaired) electrons. The second-order valence-corrected chi connectivity index (χ2v) is 9.30. The summed E-state index contributed by atoms with van der Waals surface area (Å²) in [5.41, 5.74) is 3.57. The minimum Gasteiger partial charge on any atom is -0.354 e. The number of nitrogens with zero attached hydrogens (tertiary/aromatic N) is 2. The molecule has 2 heterocycles. The Morgan fingerprint density at radius 2 is 1.84 bits per heavy atom. The molecule has 1 aliphatic heterocycles. The molecular weight excluding hydrogens is 386 g/mol. The molecule has 31 heavy (non-hydrogen) atoms. The lowest BCUT2D eigenvalue weighted by molar-refractivity contribution is -0.126. The average Bonchev–Trinajstić information content (AvgIpc) is 3.09. The summed E-state index contributed by atoms with van der Waals surface area (Å²) in [6, 6.07) is 15.8. The van der Waals surface area contributed by atoms with E-state index in [0.717, 1.165) is 34.1 Å². The highest BCUT2D eigenvalue weighted by Crippen LogP contribution is 2.36. The highest BCUT2D eigenvalue weighted by Gasteiger charge is 2.48. The molecule has 0 saturated heterocycles. The smallest absolute Gasteiger partial charge is 0.275 e. The van der Waals surface area contributed by atoms with Gasteiger partial charge in [-0.2, -0.15) is 0 Å². The molecule has 0 saturated carbocycles. The van der Waals surface area contributed by atoms with Crippen molar-refractivity contribution in [3.63, 3.8) is 0 Å². The van der Waals surface area contributed by atoms with Crippen LogP contribution in [0.15, 0.2) is 48.5 Å². The van der Waals surface area contributed by atoms with Gasteiger partial charge in [-0.3, -0.25) is 14.5 Å². The first-order chi connectivity index (χ1) is 14.7. The maximum absolute atomic E-state index is 13.8. The number of anilines is 1. The Hall–Kier alpha value is -3.08. The van der Waals surface area contributed by atoms with E-state index in [4.69, 9.17) is 0 Å². The first-order valence-electron chi connectivity index (χ1n) is 11.0. The molecule has 5 heteroatoms. The summed E-state index contributed by atoms with van der Waals surface area (Å²) in [5, 5.41) is 4.11. The van der Waals surface area contributed by atoms with Gasteiger partial charge in [0.25, 0.3) is 5.91 Å². The summed E-state index contributed by atoms with van der Waals surface area (Å²) in [5.74, 6) is 0.229. The van der Waals surface area contributed by atoms with Crippen LogP contribution in [0.2, 0.25) is 0 Å². The summed E-state index contributed by atoms with van der Waals surface area (Å²) in [7, 11) is 0. The van der Waals surface area contributed by atoms with Gasteiger partial charge in [0.1, 0.15) is 11.2 Å². The molecule has 2 amide bonds. The largest absolute Gasteiger partial charge is 0.354 e. The number of hydrogen-bond acceptors (Lipinski definition) is 2. The number of para-hydroxylation sites is 1. The number of rotatable bonds is 5. The van der Waals surface area contributed by atoms with Gasteiger partial charge in [-0.1, -0.05) is 38.1 Å². The van der Waals surface area contributed by atoms with Crippen molar-refractivity contribution in [2.45, 2.75) is 53.1 Å². The Morgan fingerprint density at radius 1 is 1.10 bits per heavy atom. The van der Waals surface area contributed by atoms with E-state index >= 15 is 0 Å². The number of carbonyl (C=O) groups excluding carboxylic acids is 2. The van der Waals surface area contributed by atoms with Crippen LogP contribution in [0.4, 0.5) is 5.69 Å². The van der Waals surface area contributed by atoms with E-state index in [1.165, 1.54) is 0 Å². The van der Waals surface area contributed by atoms with Crippen LogP contribution in [0, 0.1) is 19.8 Å². The third kappa shape index (κ3) is 3.62. The fourth-order valence-electron chi connectivity index (χ4n) is 4.38. The molecule has 162 valence electrons. The number of fused-ring (bicyclic) bond motifs is 3. The lowest BCUT2D eigenvalue weighted by atomic mass is 9.93. The van der Waals surface area contributed by atoms with Gasteiger partial charge in [0.15, 0.2) is 0 Å². The van der Waals surface area contributed by atoms with Gasteiger partial charge in [-0.05, 0) is 68.5 Å². The molecule has 5 nitrogen and oxygen atoms in total. The van der Waals surface area contributed by atoms with E-state index in [2.05, 4.69) is 19.2 Å². The average molecular weight is 418 g/mol. The van der Waals surface area contributed by atoms with E-state index < -0.39 is 5.54 Å². The van der Waals surface area contributed by atoms with Crippen molar-refractivity contribution in [1.82, 2.24) is 9.88 Å². The molecule has 0 unspecified atom stereocenters. The van der Waals surface area contributed by atoms with Gasteiger partial charge in [0.2, 0.25) is 5.91 Å². The topological polar surface area (TPSA) is 54.3 Å². The van der Waals surface area contributed by atoms with Gasteiger partial charge in [-0.15, -0.1) is 0 Å². The predicted octanol–water partition coefficient (Wildman–Crippen LogP) is 4.84. The van der Waals surface area contributed by atoms with Gasteiger partial charge in [0.05, 0.1) is 6.54 Å². The zero-order valence-corrected chi connectivity index (χ0v) is 19.0. The van der Waals surface area contributed by atoms with Crippen molar-refractivity contribution >= 4 is 28.4 Å². The zero-order valence-electron chi connectivity index (χ0n) is 19.0. The highest BCUT2D eigenvalue weighted by atomic mass is 16.2. The number of amides is 2. The number of nitrogens with one attached hydrogen (secondary N) is 1. The number of aromatic nitrogens is 1. The molecule has 1 atom stereocenters. The number of aryl methyl sites for hydroxylation is 2. The first-order valence-corrected chi connectivity index (χ1v) is 11.0. The van der Waals surface area contributed by atoms with Crippen LogP contribution in [-0.2, 0) is 11.3 Å². The van der Waals surface area contributed by atoms with E-state index in [1.54, 1.807) is 4.90 Å². The van der Waals surface area contributed by atoms with E-state index in [1.807, 2.05) is 73.9 Å². The second-order valence-electron chi connectivity index (χ2n) is 9.30. The Kier molecular flexibility index (Phi) is 5.38. The molecule has 1 N–H and O–H groups in total. The lowest BCUT2D eigenvalue weighted by Gasteiger charge is -2.44. The van der Waals surface area contributed by atoms with Crippen molar-refractivity contribution in [2.24, 2.45) is 5.92 Å². The van der Waals surface area contributed by atoms with Crippen LogP contribution in [-0.4, -0.2) is 28.5 Å². The molecule has 0 aliphatic carbocycles. The minimum absolute atomic E-state index is 0.122. The molecule has 4 rings (SSSR count). The SMILES string of the molecule is Cc1ccc(N2C(=O)c3cc4ccccc4n3C[C@@]2(C)C(=O)NCCC(C)C)cc1C. The third-order valence-corrected chi connectivity index (χ3v) is 6.44.